The molecule has 4 nitrogen and oxygen atoms in total. The molecule has 0 unspecified atom stereocenters. The number of rotatable bonds is 0. The zero-order chi connectivity index (χ0) is 12.7. The van der Waals surface area contributed by atoms with E-state index in [-0.39, 0.29) is 23.9 Å². The molecule has 1 N–H and O–H groups in total. The van der Waals surface area contributed by atoms with Gasteiger partial charge in [0.2, 0.25) is 11.8 Å². The topological polar surface area (TPSA) is 49.4 Å². The van der Waals surface area contributed by atoms with Crippen molar-refractivity contribution in [1.29, 1.82) is 0 Å². The maximum absolute atomic E-state index is 12.6. The largest absolute Gasteiger partial charge is 0.340 e. The molecular formula is C13H22N2O2. The summed E-state index contributed by atoms with van der Waals surface area (Å²) in [7, 11) is 0. The van der Waals surface area contributed by atoms with Crippen molar-refractivity contribution in [2.45, 2.75) is 64.0 Å². The second kappa shape index (κ2) is 4.00. The van der Waals surface area contributed by atoms with Crippen molar-refractivity contribution in [3.63, 3.8) is 0 Å². The summed E-state index contributed by atoms with van der Waals surface area (Å²) in [6.45, 7) is 6.16. The third kappa shape index (κ3) is 2.17. The Hall–Kier alpha value is -1.06. The zero-order valence-electron chi connectivity index (χ0n) is 11.0. The summed E-state index contributed by atoms with van der Waals surface area (Å²) in [4.78, 5) is 26.2. The molecule has 4 heteroatoms. The number of carbonyl (C=O) groups is 2. The van der Waals surface area contributed by atoms with E-state index < -0.39 is 5.54 Å². The third-order valence-corrected chi connectivity index (χ3v) is 3.85. The van der Waals surface area contributed by atoms with Crippen LogP contribution in [0.2, 0.25) is 0 Å². The Kier molecular flexibility index (Phi) is 2.92. The van der Waals surface area contributed by atoms with Gasteiger partial charge in [-0.15, -0.1) is 0 Å². The molecule has 0 atom stereocenters. The van der Waals surface area contributed by atoms with E-state index >= 15 is 0 Å². The van der Waals surface area contributed by atoms with Gasteiger partial charge in [0.05, 0.1) is 0 Å². The monoisotopic (exact) mass is 238 g/mol. The number of amides is 2. The Morgan fingerprint density at radius 2 is 1.71 bits per heavy atom. The lowest BCUT2D eigenvalue weighted by Crippen LogP contribution is -2.70. The maximum Gasteiger partial charge on any atom is 0.249 e. The first-order valence-electron chi connectivity index (χ1n) is 6.48. The highest BCUT2D eigenvalue weighted by Crippen LogP contribution is 2.34. The van der Waals surface area contributed by atoms with E-state index in [2.05, 4.69) is 5.32 Å². The number of hydrogen-bond donors (Lipinski definition) is 1. The summed E-state index contributed by atoms with van der Waals surface area (Å²) in [5.74, 6) is 0.103. The second-order valence-corrected chi connectivity index (χ2v) is 6.25. The predicted octanol–water partition coefficient (Wildman–Crippen LogP) is 1.45. The number of carbonyl (C=O) groups excluding carboxylic acids is 2. The molecule has 1 heterocycles. The zero-order valence-corrected chi connectivity index (χ0v) is 11.0. The highest BCUT2D eigenvalue weighted by Gasteiger charge is 2.49. The fourth-order valence-electron chi connectivity index (χ4n) is 2.87. The van der Waals surface area contributed by atoms with E-state index in [1.807, 2.05) is 20.8 Å². The molecule has 17 heavy (non-hydrogen) atoms. The standard InChI is InChI=1S/C13H22N2O2/c1-12(2,3)15-9-10(16)14-13(11(15)17)7-5-4-6-8-13/h4-9H2,1-3H3,(H,14,16). The first kappa shape index (κ1) is 12.4. The van der Waals surface area contributed by atoms with Gasteiger partial charge in [-0.3, -0.25) is 9.59 Å². The van der Waals surface area contributed by atoms with Crippen LogP contribution in [-0.2, 0) is 9.59 Å². The summed E-state index contributed by atoms with van der Waals surface area (Å²) >= 11 is 0. The van der Waals surface area contributed by atoms with Crippen LogP contribution in [0.5, 0.6) is 0 Å². The molecule has 0 aromatic heterocycles. The Morgan fingerprint density at radius 3 is 2.24 bits per heavy atom. The summed E-state index contributed by atoms with van der Waals surface area (Å²) in [6.07, 6.45) is 4.82. The van der Waals surface area contributed by atoms with Crippen LogP contribution in [0.4, 0.5) is 0 Å². The molecule has 0 aromatic rings. The van der Waals surface area contributed by atoms with Crippen LogP contribution in [-0.4, -0.2) is 34.3 Å². The van der Waals surface area contributed by atoms with Crippen molar-refractivity contribution in [3.8, 4) is 0 Å². The number of piperazine rings is 1. The lowest BCUT2D eigenvalue weighted by molar-refractivity contribution is -0.156. The van der Waals surface area contributed by atoms with Gasteiger partial charge in [-0.1, -0.05) is 19.3 Å². The number of nitrogens with zero attached hydrogens (tertiary/aromatic N) is 1. The highest BCUT2D eigenvalue weighted by atomic mass is 16.2. The molecule has 1 saturated carbocycles. The van der Waals surface area contributed by atoms with E-state index in [0.29, 0.717) is 0 Å². The first-order valence-corrected chi connectivity index (χ1v) is 6.48. The van der Waals surface area contributed by atoms with Crippen LogP contribution in [0.3, 0.4) is 0 Å². The summed E-state index contributed by atoms with van der Waals surface area (Å²) in [6, 6.07) is 0. The van der Waals surface area contributed by atoms with Crippen molar-refractivity contribution in [2.75, 3.05) is 6.54 Å². The third-order valence-electron chi connectivity index (χ3n) is 3.85. The molecule has 1 spiro atoms. The van der Waals surface area contributed by atoms with Crippen molar-refractivity contribution in [2.24, 2.45) is 0 Å². The van der Waals surface area contributed by atoms with Gasteiger partial charge in [0.15, 0.2) is 0 Å². The second-order valence-electron chi connectivity index (χ2n) is 6.25. The summed E-state index contributed by atoms with van der Waals surface area (Å²) in [5, 5.41) is 2.95. The van der Waals surface area contributed by atoms with Crippen LogP contribution < -0.4 is 5.32 Å². The van der Waals surface area contributed by atoms with Gasteiger partial charge in [0, 0.05) is 5.54 Å². The van der Waals surface area contributed by atoms with Crippen molar-refractivity contribution in [3.05, 3.63) is 0 Å². The van der Waals surface area contributed by atoms with E-state index in [9.17, 15) is 9.59 Å². The van der Waals surface area contributed by atoms with Gasteiger partial charge in [-0.25, -0.2) is 0 Å². The molecule has 1 aliphatic carbocycles. The summed E-state index contributed by atoms with van der Waals surface area (Å²) < 4.78 is 0. The fraction of sp³-hybridized carbons (Fsp3) is 0.846. The maximum atomic E-state index is 12.6. The minimum Gasteiger partial charge on any atom is -0.340 e. The molecule has 0 aromatic carbocycles. The Labute approximate surface area is 103 Å². The molecule has 2 rings (SSSR count). The lowest BCUT2D eigenvalue weighted by Gasteiger charge is -2.48. The SMILES string of the molecule is CC(C)(C)N1CC(=O)NC2(CCCCC2)C1=O. The highest BCUT2D eigenvalue weighted by molar-refractivity contribution is 5.98. The molecule has 1 aliphatic heterocycles. The molecular weight excluding hydrogens is 216 g/mol. The number of nitrogens with one attached hydrogen (secondary N) is 1. The van der Waals surface area contributed by atoms with Gasteiger partial charge < -0.3 is 10.2 Å². The Balaban J connectivity index is 2.28. The normalized spacial score (nSPS) is 25.0. The molecule has 2 amide bonds. The first-order chi connectivity index (χ1) is 7.85. The van der Waals surface area contributed by atoms with Gasteiger partial charge in [-0.2, -0.15) is 0 Å². The Bertz CT molecular complexity index is 338. The predicted molar refractivity (Wildman–Crippen MR) is 65.4 cm³/mol. The van der Waals surface area contributed by atoms with E-state index in [1.165, 1.54) is 6.42 Å². The van der Waals surface area contributed by atoms with E-state index in [4.69, 9.17) is 0 Å². The van der Waals surface area contributed by atoms with Crippen LogP contribution >= 0.6 is 0 Å². The van der Waals surface area contributed by atoms with Crippen LogP contribution in [0, 0.1) is 0 Å². The van der Waals surface area contributed by atoms with Gasteiger partial charge in [-0.05, 0) is 33.6 Å². The van der Waals surface area contributed by atoms with Gasteiger partial charge >= 0.3 is 0 Å². The quantitative estimate of drug-likeness (QED) is 0.694. The van der Waals surface area contributed by atoms with E-state index in [0.717, 1.165) is 25.7 Å². The summed E-state index contributed by atoms with van der Waals surface area (Å²) in [5.41, 5.74) is -0.875. The molecule has 96 valence electrons. The van der Waals surface area contributed by atoms with Gasteiger partial charge in [0.25, 0.3) is 0 Å². The molecule has 1 saturated heterocycles. The average Bonchev–Trinajstić information content (AvgIpc) is 2.23. The van der Waals surface area contributed by atoms with Crippen LogP contribution in [0.25, 0.3) is 0 Å². The lowest BCUT2D eigenvalue weighted by atomic mass is 9.78. The fourth-order valence-corrected chi connectivity index (χ4v) is 2.87. The van der Waals surface area contributed by atoms with Crippen molar-refractivity contribution in [1.82, 2.24) is 10.2 Å². The average molecular weight is 238 g/mol. The Morgan fingerprint density at radius 1 is 1.12 bits per heavy atom. The van der Waals surface area contributed by atoms with Crippen LogP contribution in [0.15, 0.2) is 0 Å². The molecule has 0 radical (unpaired) electrons. The smallest absolute Gasteiger partial charge is 0.249 e. The van der Waals surface area contributed by atoms with Gasteiger partial charge in [0.1, 0.15) is 12.1 Å². The van der Waals surface area contributed by atoms with Crippen molar-refractivity contribution < 1.29 is 9.59 Å². The minimum absolute atomic E-state index is 0.0126. The molecule has 2 aliphatic rings. The van der Waals surface area contributed by atoms with E-state index in [1.54, 1.807) is 4.90 Å². The molecule has 0 bridgehead atoms. The van der Waals surface area contributed by atoms with Crippen LogP contribution in [0.1, 0.15) is 52.9 Å². The molecule has 2 fully saturated rings. The van der Waals surface area contributed by atoms with Crippen molar-refractivity contribution >= 4 is 11.8 Å². The number of hydrogen-bond acceptors (Lipinski definition) is 2. The minimum atomic E-state index is -0.596.